The van der Waals surface area contributed by atoms with Gasteiger partial charge in [-0.3, -0.25) is 4.90 Å². The zero-order valence-electron chi connectivity index (χ0n) is 11.9. The Bertz CT molecular complexity index is 504. The molecule has 2 amide bonds. The van der Waals surface area contributed by atoms with Crippen molar-refractivity contribution in [3.63, 3.8) is 0 Å². The lowest BCUT2D eigenvalue weighted by Crippen LogP contribution is -2.56. The number of hydrogen-bond acceptors (Lipinski definition) is 3. The van der Waals surface area contributed by atoms with Gasteiger partial charge >= 0.3 is 12.0 Å². The molecule has 0 aliphatic carbocycles. The van der Waals surface area contributed by atoms with E-state index >= 15 is 0 Å². The fourth-order valence-corrected chi connectivity index (χ4v) is 1.70. The van der Waals surface area contributed by atoms with E-state index in [1.54, 1.807) is 26.0 Å². The van der Waals surface area contributed by atoms with E-state index in [0.717, 1.165) is 0 Å². The van der Waals surface area contributed by atoms with Crippen LogP contribution < -0.4 is 10.2 Å². The maximum absolute atomic E-state index is 12.2. The van der Waals surface area contributed by atoms with Gasteiger partial charge in [0, 0.05) is 18.3 Å². The van der Waals surface area contributed by atoms with Gasteiger partial charge in [-0.2, -0.15) is 0 Å². The minimum absolute atomic E-state index is 0.0465. The molecular formula is C14H20N2O4. The van der Waals surface area contributed by atoms with Crippen molar-refractivity contribution in [1.82, 2.24) is 5.32 Å². The molecule has 0 aromatic heterocycles. The van der Waals surface area contributed by atoms with Gasteiger partial charge in [0.05, 0.1) is 0 Å². The Balaban J connectivity index is 2.96. The van der Waals surface area contributed by atoms with Crippen LogP contribution in [0.2, 0.25) is 0 Å². The molecular weight excluding hydrogens is 260 g/mol. The Kier molecular flexibility index (Phi) is 4.96. The van der Waals surface area contributed by atoms with Crippen LogP contribution >= 0.6 is 0 Å². The third-order valence-electron chi connectivity index (χ3n) is 3.26. The fourth-order valence-electron chi connectivity index (χ4n) is 1.70. The van der Waals surface area contributed by atoms with Crippen molar-refractivity contribution < 1.29 is 19.8 Å². The van der Waals surface area contributed by atoms with Crippen molar-refractivity contribution in [3.8, 4) is 5.75 Å². The number of amides is 2. The number of phenolic OH excluding ortho intramolecular Hbond substituents is 1. The summed E-state index contributed by atoms with van der Waals surface area (Å²) in [4.78, 5) is 24.8. The number of carbonyl (C=O) groups excluding carboxylic acids is 1. The van der Waals surface area contributed by atoms with Gasteiger partial charge in [-0.1, -0.05) is 13.0 Å². The van der Waals surface area contributed by atoms with Crippen LogP contribution in [0, 0.1) is 0 Å². The molecule has 0 heterocycles. The number of aliphatic carboxylic acids is 1. The van der Waals surface area contributed by atoms with Crippen LogP contribution in [0.3, 0.4) is 0 Å². The summed E-state index contributed by atoms with van der Waals surface area (Å²) in [5.74, 6) is -1.04. The molecule has 6 nitrogen and oxygen atoms in total. The molecule has 0 aliphatic heterocycles. The third-order valence-corrected chi connectivity index (χ3v) is 3.26. The first-order valence-corrected chi connectivity index (χ1v) is 6.46. The van der Waals surface area contributed by atoms with Crippen molar-refractivity contribution in [2.75, 3.05) is 11.4 Å². The average molecular weight is 280 g/mol. The van der Waals surface area contributed by atoms with E-state index in [2.05, 4.69) is 5.32 Å². The Morgan fingerprint density at radius 2 is 2.00 bits per heavy atom. The lowest BCUT2D eigenvalue weighted by molar-refractivity contribution is -0.143. The zero-order chi connectivity index (χ0) is 15.3. The smallest absolute Gasteiger partial charge is 0.329 e. The largest absolute Gasteiger partial charge is 0.508 e. The van der Waals surface area contributed by atoms with E-state index in [4.69, 9.17) is 0 Å². The second-order valence-corrected chi connectivity index (χ2v) is 4.69. The number of carbonyl (C=O) groups is 2. The van der Waals surface area contributed by atoms with E-state index in [9.17, 15) is 19.8 Å². The number of nitrogens with one attached hydrogen (secondary N) is 1. The molecule has 0 saturated heterocycles. The van der Waals surface area contributed by atoms with Crippen LogP contribution in [-0.2, 0) is 4.79 Å². The molecule has 0 radical (unpaired) electrons. The summed E-state index contributed by atoms with van der Waals surface area (Å²) < 4.78 is 0. The van der Waals surface area contributed by atoms with Gasteiger partial charge in [-0.05, 0) is 32.4 Å². The predicted molar refractivity (Wildman–Crippen MR) is 76.0 cm³/mol. The van der Waals surface area contributed by atoms with Crippen molar-refractivity contribution in [3.05, 3.63) is 24.3 Å². The van der Waals surface area contributed by atoms with Crippen LogP contribution in [0.1, 0.15) is 27.2 Å². The topological polar surface area (TPSA) is 89.9 Å². The highest BCUT2D eigenvalue weighted by Crippen LogP contribution is 2.21. The van der Waals surface area contributed by atoms with E-state index in [1.165, 1.54) is 24.0 Å². The molecule has 1 atom stereocenters. The lowest BCUT2D eigenvalue weighted by atomic mass is 10.00. The van der Waals surface area contributed by atoms with Crippen molar-refractivity contribution in [1.29, 1.82) is 0 Å². The molecule has 0 spiro atoms. The van der Waals surface area contributed by atoms with Crippen LogP contribution in [-0.4, -0.2) is 34.3 Å². The number of benzene rings is 1. The number of anilines is 1. The molecule has 20 heavy (non-hydrogen) atoms. The molecule has 1 rings (SSSR count). The van der Waals surface area contributed by atoms with Gasteiger partial charge in [0.15, 0.2) is 0 Å². The Morgan fingerprint density at radius 3 is 2.45 bits per heavy atom. The number of urea groups is 1. The number of carboxylic acid groups (broad SMARTS) is 1. The molecule has 110 valence electrons. The van der Waals surface area contributed by atoms with Crippen LogP contribution in [0.5, 0.6) is 5.75 Å². The maximum Gasteiger partial charge on any atom is 0.329 e. The summed E-state index contributed by atoms with van der Waals surface area (Å²) in [5.41, 5.74) is -0.810. The Labute approximate surface area is 118 Å². The monoisotopic (exact) mass is 280 g/mol. The van der Waals surface area contributed by atoms with E-state index in [0.29, 0.717) is 12.2 Å². The van der Waals surface area contributed by atoms with Gasteiger partial charge in [0.25, 0.3) is 0 Å². The molecule has 0 saturated carbocycles. The number of hydrogen-bond donors (Lipinski definition) is 3. The van der Waals surface area contributed by atoms with Gasteiger partial charge in [0.2, 0.25) is 0 Å². The van der Waals surface area contributed by atoms with E-state index < -0.39 is 17.5 Å². The molecule has 1 aromatic carbocycles. The van der Waals surface area contributed by atoms with E-state index in [-0.39, 0.29) is 12.2 Å². The van der Waals surface area contributed by atoms with Crippen LogP contribution in [0.25, 0.3) is 0 Å². The number of rotatable bonds is 5. The number of nitrogens with zero attached hydrogens (tertiary/aromatic N) is 1. The second-order valence-electron chi connectivity index (χ2n) is 4.69. The molecule has 0 aliphatic rings. The van der Waals surface area contributed by atoms with Gasteiger partial charge < -0.3 is 15.5 Å². The first-order chi connectivity index (χ1) is 9.34. The molecule has 3 N–H and O–H groups in total. The summed E-state index contributed by atoms with van der Waals surface area (Å²) in [7, 11) is 0. The first kappa shape index (κ1) is 15.8. The highest BCUT2D eigenvalue weighted by atomic mass is 16.4. The minimum atomic E-state index is -1.32. The molecule has 0 bridgehead atoms. The highest BCUT2D eigenvalue weighted by molar-refractivity contribution is 5.95. The third kappa shape index (κ3) is 3.40. The summed E-state index contributed by atoms with van der Waals surface area (Å²) in [6.45, 7) is 5.28. The molecule has 1 unspecified atom stereocenters. The molecule has 0 fully saturated rings. The standard InChI is InChI=1S/C14H20N2O4/c1-4-14(3,12(18)19)15-13(20)16(5-2)10-7-6-8-11(17)9-10/h6-9,17H,4-5H2,1-3H3,(H,15,20)(H,18,19). The first-order valence-electron chi connectivity index (χ1n) is 6.46. The Hall–Kier alpha value is -2.24. The normalized spacial score (nSPS) is 13.3. The van der Waals surface area contributed by atoms with E-state index in [1.807, 2.05) is 0 Å². The van der Waals surface area contributed by atoms with Crippen molar-refractivity contribution in [2.24, 2.45) is 0 Å². The molecule has 1 aromatic rings. The maximum atomic E-state index is 12.2. The predicted octanol–water partition coefficient (Wildman–Crippen LogP) is 2.18. The summed E-state index contributed by atoms with van der Waals surface area (Å²) in [6, 6.07) is 5.74. The van der Waals surface area contributed by atoms with Gasteiger partial charge in [0.1, 0.15) is 11.3 Å². The quantitative estimate of drug-likeness (QED) is 0.771. The minimum Gasteiger partial charge on any atom is -0.508 e. The number of aromatic hydroxyl groups is 1. The summed E-state index contributed by atoms with van der Waals surface area (Å²) >= 11 is 0. The summed E-state index contributed by atoms with van der Waals surface area (Å²) in [6.07, 6.45) is 0.270. The number of phenols is 1. The highest BCUT2D eigenvalue weighted by Gasteiger charge is 2.34. The van der Waals surface area contributed by atoms with Crippen LogP contribution in [0.4, 0.5) is 10.5 Å². The van der Waals surface area contributed by atoms with Crippen molar-refractivity contribution in [2.45, 2.75) is 32.7 Å². The van der Waals surface area contributed by atoms with Gasteiger partial charge in [-0.15, -0.1) is 0 Å². The zero-order valence-corrected chi connectivity index (χ0v) is 11.9. The average Bonchev–Trinajstić information content (AvgIpc) is 2.39. The van der Waals surface area contributed by atoms with Crippen LogP contribution in [0.15, 0.2) is 24.3 Å². The lowest BCUT2D eigenvalue weighted by Gasteiger charge is -2.29. The Morgan fingerprint density at radius 1 is 1.35 bits per heavy atom. The number of carboxylic acids is 1. The summed E-state index contributed by atoms with van der Waals surface area (Å²) in [5, 5.41) is 21.1. The second kappa shape index (κ2) is 6.27. The molecule has 6 heteroatoms. The van der Waals surface area contributed by atoms with Gasteiger partial charge in [-0.25, -0.2) is 9.59 Å². The SMILES string of the molecule is CCN(C(=O)NC(C)(CC)C(=O)O)c1cccc(O)c1. The fraction of sp³-hybridized carbons (Fsp3) is 0.429. The van der Waals surface area contributed by atoms with Crippen molar-refractivity contribution >= 4 is 17.7 Å².